The second-order valence-corrected chi connectivity index (χ2v) is 6.88. The van der Waals surface area contributed by atoms with E-state index in [2.05, 4.69) is 0 Å². The molecule has 0 saturated carbocycles. The summed E-state index contributed by atoms with van der Waals surface area (Å²) in [6.45, 7) is 7.39. The summed E-state index contributed by atoms with van der Waals surface area (Å²) in [5, 5.41) is 0. The van der Waals surface area contributed by atoms with E-state index in [4.69, 9.17) is 5.73 Å². The van der Waals surface area contributed by atoms with Crippen LogP contribution in [0.15, 0.2) is 0 Å². The van der Waals surface area contributed by atoms with Crippen LogP contribution in [-0.4, -0.2) is 25.5 Å². The van der Waals surface area contributed by atoms with Gasteiger partial charge in [-0.3, -0.25) is 0 Å². The first-order chi connectivity index (χ1) is 5.64. The van der Waals surface area contributed by atoms with E-state index >= 15 is 0 Å². The van der Waals surface area contributed by atoms with Crippen molar-refractivity contribution in [3.63, 3.8) is 0 Å². The number of rotatable bonds is 4. The summed E-state index contributed by atoms with van der Waals surface area (Å²) in [4.78, 5) is 0. The van der Waals surface area contributed by atoms with E-state index in [1.807, 2.05) is 13.8 Å². The summed E-state index contributed by atoms with van der Waals surface area (Å²) < 4.78 is 22.0. The maximum Gasteiger partial charge on any atom is 0.154 e. The van der Waals surface area contributed by atoms with E-state index in [0.717, 1.165) is 6.42 Å². The summed E-state index contributed by atoms with van der Waals surface area (Å²) in [7, 11) is -3.08. The van der Waals surface area contributed by atoms with Gasteiger partial charge in [-0.2, -0.15) is 0 Å². The van der Waals surface area contributed by atoms with E-state index in [1.54, 1.807) is 13.8 Å². The summed E-state index contributed by atoms with van der Waals surface area (Å²) in [5.74, 6) is 0.227. The predicted molar refractivity (Wildman–Crippen MR) is 56.4 cm³/mol. The van der Waals surface area contributed by atoms with Gasteiger partial charge in [0, 0.05) is 12.3 Å². The van der Waals surface area contributed by atoms with Crippen molar-refractivity contribution in [3.05, 3.63) is 0 Å². The molecule has 2 unspecified atom stereocenters. The van der Waals surface area contributed by atoms with Gasteiger partial charge in [0.1, 0.15) is 0 Å². The van der Waals surface area contributed by atoms with E-state index < -0.39 is 14.6 Å². The van der Waals surface area contributed by atoms with Crippen LogP contribution < -0.4 is 5.73 Å². The van der Waals surface area contributed by atoms with Gasteiger partial charge in [-0.15, -0.1) is 0 Å². The Morgan fingerprint density at radius 1 is 1.38 bits per heavy atom. The SMILES string of the molecule is CCC(C)C(N)C(C)(C)S(C)(=O)=O. The smallest absolute Gasteiger partial charge is 0.154 e. The van der Waals surface area contributed by atoms with Gasteiger partial charge in [-0.05, 0) is 19.8 Å². The molecule has 13 heavy (non-hydrogen) atoms. The summed E-state index contributed by atoms with van der Waals surface area (Å²) in [6.07, 6.45) is 2.15. The first kappa shape index (κ1) is 12.9. The molecule has 4 heteroatoms. The standard InChI is InChI=1S/C9H21NO2S/c1-6-7(2)8(10)9(3,4)13(5,11)12/h7-8H,6,10H2,1-5H3. The average molecular weight is 207 g/mol. The van der Waals surface area contributed by atoms with Crippen molar-refractivity contribution in [2.24, 2.45) is 11.7 Å². The molecule has 0 aromatic heterocycles. The molecule has 0 fully saturated rings. The molecule has 0 spiro atoms. The third-order valence-electron chi connectivity index (χ3n) is 3.02. The summed E-state index contributed by atoms with van der Waals surface area (Å²) in [6, 6.07) is -0.299. The quantitative estimate of drug-likeness (QED) is 0.753. The van der Waals surface area contributed by atoms with Crippen LogP contribution in [0.2, 0.25) is 0 Å². The first-order valence-corrected chi connectivity index (χ1v) is 6.49. The molecule has 3 nitrogen and oxygen atoms in total. The molecule has 80 valence electrons. The normalized spacial score (nSPS) is 18.3. The van der Waals surface area contributed by atoms with Crippen molar-refractivity contribution in [1.29, 1.82) is 0 Å². The number of sulfone groups is 1. The highest BCUT2D eigenvalue weighted by Gasteiger charge is 2.38. The van der Waals surface area contributed by atoms with Crippen molar-refractivity contribution in [2.45, 2.75) is 44.9 Å². The van der Waals surface area contributed by atoms with Gasteiger partial charge in [0.25, 0.3) is 0 Å². The van der Waals surface area contributed by atoms with Gasteiger partial charge in [0.15, 0.2) is 9.84 Å². The average Bonchev–Trinajstić information content (AvgIpc) is 1.99. The molecule has 0 heterocycles. The van der Waals surface area contributed by atoms with Crippen LogP contribution in [0.5, 0.6) is 0 Å². The lowest BCUT2D eigenvalue weighted by atomic mass is 9.90. The summed E-state index contributed by atoms with van der Waals surface area (Å²) in [5.41, 5.74) is 5.91. The molecular weight excluding hydrogens is 186 g/mol. The molecule has 0 radical (unpaired) electrons. The zero-order valence-electron chi connectivity index (χ0n) is 9.16. The van der Waals surface area contributed by atoms with Crippen LogP contribution in [0.25, 0.3) is 0 Å². The van der Waals surface area contributed by atoms with Crippen molar-refractivity contribution >= 4 is 9.84 Å². The van der Waals surface area contributed by atoms with E-state index in [0.29, 0.717) is 0 Å². The fraction of sp³-hybridized carbons (Fsp3) is 1.00. The Morgan fingerprint density at radius 3 is 2.00 bits per heavy atom. The van der Waals surface area contributed by atoms with Crippen LogP contribution in [-0.2, 0) is 9.84 Å². The molecular formula is C9H21NO2S. The van der Waals surface area contributed by atoms with Crippen molar-refractivity contribution in [1.82, 2.24) is 0 Å². The molecule has 0 aliphatic carbocycles. The van der Waals surface area contributed by atoms with Crippen LogP contribution in [0, 0.1) is 5.92 Å². The second kappa shape index (κ2) is 3.96. The highest BCUT2D eigenvalue weighted by atomic mass is 32.2. The predicted octanol–water partition coefficient (Wildman–Crippen LogP) is 1.18. The highest BCUT2D eigenvalue weighted by Crippen LogP contribution is 2.24. The fourth-order valence-corrected chi connectivity index (χ4v) is 1.91. The van der Waals surface area contributed by atoms with Gasteiger partial charge in [-0.25, -0.2) is 8.42 Å². The minimum absolute atomic E-state index is 0.227. The number of hydrogen-bond acceptors (Lipinski definition) is 3. The largest absolute Gasteiger partial charge is 0.326 e. The minimum atomic E-state index is -3.08. The maximum atomic E-state index is 11.4. The van der Waals surface area contributed by atoms with Crippen LogP contribution >= 0.6 is 0 Å². The van der Waals surface area contributed by atoms with Gasteiger partial charge < -0.3 is 5.73 Å². The van der Waals surface area contributed by atoms with Crippen LogP contribution in [0.1, 0.15) is 34.1 Å². The molecule has 0 bridgehead atoms. The molecule has 0 aliphatic heterocycles. The fourth-order valence-electron chi connectivity index (χ4n) is 1.19. The molecule has 0 aromatic carbocycles. The van der Waals surface area contributed by atoms with Gasteiger partial charge in [0.05, 0.1) is 4.75 Å². The topological polar surface area (TPSA) is 60.2 Å². The highest BCUT2D eigenvalue weighted by molar-refractivity contribution is 7.92. The first-order valence-electron chi connectivity index (χ1n) is 4.59. The molecule has 0 amide bonds. The number of hydrogen-bond donors (Lipinski definition) is 1. The number of nitrogens with two attached hydrogens (primary N) is 1. The summed E-state index contributed by atoms with van der Waals surface area (Å²) >= 11 is 0. The van der Waals surface area contributed by atoms with Crippen LogP contribution in [0.3, 0.4) is 0 Å². The van der Waals surface area contributed by atoms with Crippen molar-refractivity contribution < 1.29 is 8.42 Å². The van der Waals surface area contributed by atoms with E-state index in [-0.39, 0.29) is 12.0 Å². The zero-order chi connectivity index (χ0) is 10.9. The lowest BCUT2D eigenvalue weighted by Crippen LogP contribution is -2.52. The molecule has 2 atom stereocenters. The third kappa shape index (κ3) is 2.68. The third-order valence-corrected chi connectivity index (χ3v) is 5.20. The lowest BCUT2D eigenvalue weighted by Gasteiger charge is -2.33. The Balaban J connectivity index is 4.85. The van der Waals surface area contributed by atoms with Crippen molar-refractivity contribution in [2.75, 3.05) is 6.26 Å². The van der Waals surface area contributed by atoms with E-state index in [1.165, 1.54) is 6.26 Å². The molecule has 0 saturated heterocycles. The Bertz CT molecular complexity index is 257. The van der Waals surface area contributed by atoms with Gasteiger partial charge in [-0.1, -0.05) is 20.3 Å². The Labute approximate surface area is 81.6 Å². The maximum absolute atomic E-state index is 11.4. The molecule has 0 aliphatic rings. The zero-order valence-corrected chi connectivity index (χ0v) is 9.98. The van der Waals surface area contributed by atoms with Gasteiger partial charge >= 0.3 is 0 Å². The molecule has 0 rings (SSSR count). The lowest BCUT2D eigenvalue weighted by molar-refractivity contribution is 0.366. The van der Waals surface area contributed by atoms with Crippen LogP contribution in [0.4, 0.5) is 0 Å². The van der Waals surface area contributed by atoms with E-state index in [9.17, 15) is 8.42 Å². The van der Waals surface area contributed by atoms with Gasteiger partial charge in [0.2, 0.25) is 0 Å². The minimum Gasteiger partial charge on any atom is -0.326 e. The molecule has 0 aromatic rings. The Hall–Kier alpha value is -0.0900. The van der Waals surface area contributed by atoms with Crippen molar-refractivity contribution in [3.8, 4) is 0 Å². The monoisotopic (exact) mass is 207 g/mol. The Kier molecular flexibility index (Phi) is 3.94. The molecule has 2 N–H and O–H groups in total. The Morgan fingerprint density at radius 2 is 1.77 bits per heavy atom. The second-order valence-electron chi connectivity index (χ2n) is 4.29.